The molecule has 0 aliphatic carbocycles. The van der Waals surface area contributed by atoms with Crippen molar-refractivity contribution in [3.05, 3.63) is 21.9 Å². The summed E-state index contributed by atoms with van der Waals surface area (Å²) < 4.78 is 0. The molecule has 98 valence electrons. The number of nitrogens with two attached hydrogens (primary N) is 1. The highest BCUT2D eigenvalue weighted by Gasteiger charge is 2.24. The second-order valence-electron chi connectivity index (χ2n) is 4.51. The fraction of sp³-hybridized carbons (Fsp3) is 0.692. The predicted molar refractivity (Wildman–Crippen MR) is 74.4 cm³/mol. The van der Waals surface area contributed by atoms with Gasteiger partial charge in [0.05, 0.1) is 12.6 Å². The maximum Gasteiger partial charge on any atom is 0.0591 e. The van der Waals surface area contributed by atoms with Crippen molar-refractivity contribution in [2.24, 2.45) is 5.73 Å². The SMILES string of the molecule is CCCN(CCO)C(c1ccc(C)s1)C(C)N. The van der Waals surface area contributed by atoms with Gasteiger partial charge in [0.25, 0.3) is 0 Å². The molecule has 0 amide bonds. The average molecular weight is 256 g/mol. The Morgan fingerprint density at radius 2 is 2.12 bits per heavy atom. The van der Waals surface area contributed by atoms with Crippen LogP contribution in [0.3, 0.4) is 0 Å². The summed E-state index contributed by atoms with van der Waals surface area (Å²) in [4.78, 5) is 4.90. The second-order valence-corrected chi connectivity index (χ2v) is 5.83. The van der Waals surface area contributed by atoms with E-state index in [-0.39, 0.29) is 18.7 Å². The molecule has 3 nitrogen and oxygen atoms in total. The number of thiophene rings is 1. The summed E-state index contributed by atoms with van der Waals surface area (Å²) in [7, 11) is 0. The van der Waals surface area contributed by atoms with Gasteiger partial charge in [-0.15, -0.1) is 11.3 Å². The van der Waals surface area contributed by atoms with E-state index in [1.807, 2.05) is 6.92 Å². The number of aryl methyl sites for hydroxylation is 1. The number of nitrogens with zero attached hydrogens (tertiary/aromatic N) is 1. The maximum atomic E-state index is 9.17. The van der Waals surface area contributed by atoms with Gasteiger partial charge in [-0.2, -0.15) is 0 Å². The van der Waals surface area contributed by atoms with E-state index in [1.54, 1.807) is 11.3 Å². The van der Waals surface area contributed by atoms with Gasteiger partial charge in [0.2, 0.25) is 0 Å². The zero-order chi connectivity index (χ0) is 12.8. The average Bonchev–Trinajstić information content (AvgIpc) is 2.65. The topological polar surface area (TPSA) is 49.5 Å². The van der Waals surface area contributed by atoms with Crippen LogP contribution in [0.2, 0.25) is 0 Å². The molecule has 0 bridgehead atoms. The van der Waals surface area contributed by atoms with Crippen molar-refractivity contribution < 1.29 is 5.11 Å². The zero-order valence-corrected chi connectivity index (χ0v) is 11.8. The Bertz CT molecular complexity index is 319. The Morgan fingerprint density at radius 3 is 2.53 bits per heavy atom. The van der Waals surface area contributed by atoms with Crippen molar-refractivity contribution in [3.63, 3.8) is 0 Å². The van der Waals surface area contributed by atoms with Crippen molar-refractivity contribution in [2.75, 3.05) is 19.7 Å². The minimum Gasteiger partial charge on any atom is -0.395 e. The first-order valence-electron chi connectivity index (χ1n) is 6.27. The third-order valence-electron chi connectivity index (χ3n) is 2.84. The summed E-state index contributed by atoms with van der Waals surface area (Å²) in [6.45, 7) is 8.17. The van der Waals surface area contributed by atoms with E-state index in [4.69, 9.17) is 10.8 Å². The van der Waals surface area contributed by atoms with E-state index in [0.29, 0.717) is 6.54 Å². The molecular formula is C13H24N2OS. The highest BCUT2D eigenvalue weighted by Crippen LogP contribution is 2.29. The van der Waals surface area contributed by atoms with E-state index in [0.717, 1.165) is 13.0 Å². The summed E-state index contributed by atoms with van der Waals surface area (Å²) in [6.07, 6.45) is 1.08. The number of hydrogen-bond donors (Lipinski definition) is 2. The van der Waals surface area contributed by atoms with Crippen LogP contribution in [0.1, 0.15) is 36.1 Å². The van der Waals surface area contributed by atoms with E-state index in [1.165, 1.54) is 9.75 Å². The quantitative estimate of drug-likeness (QED) is 0.786. The van der Waals surface area contributed by atoms with Gasteiger partial charge in [-0.3, -0.25) is 4.90 Å². The van der Waals surface area contributed by atoms with Gasteiger partial charge in [0.1, 0.15) is 0 Å². The Balaban J connectivity index is 2.89. The van der Waals surface area contributed by atoms with Gasteiger partial charge < -0.3 is 10.8 Å². The maximum absolute atomic E-state index is 9.17. The summed E-state index contributed by atoms with van der Waals surface area (Å²) in [5.74, 6) is 0. The van der Waals surface area contributed by atoms with Crippen LogP contribution in [0.5, 0.6) is 0 Å². The Hall–Kier alpha value is -0.420. The lowest BCUT2D eigenvalue weighted by Gasteiger charge is -2.33. The van der Waals surface area contributed by atoms with Crippen LogP contribution in [-0.4, -0.2) is 35.7 Å². The van der Waals surface area contributed by atoms with Gasteiger partial charge in [-0.1, -0.05) is 6.92 Å². The first-order chi connectivity index (χ1) is 8.10. The lowest BCUT2D eigenvalue weighted by atomic mass is 10.1. The van der Waals surface area contributed by atoms with Gasteiger partial charge in [-0.05, 0) is 38.9 Å². The van der Waals surface area contributed by atoms with Crippen LogP contribution < -0.4 is 5.73 Å². The minimum absolute atomic E-state index is 0.0751. The standard InChI is InChI=1S/C13H24N2OS/c1-4-7-15(8-9-16)13(11(3)14)12-6-5-10(2)17-12/h5-6,11,13,16H,4,7-9,14H2,1-3H3. The van der Waals surface area contributed by atoms with Crippen LogP contribution >= 0.6 is 11.3 Å². The molecule has 3 N–H and O–H groups in total. The molecule has 0 spiro atoms. The zero-order valence-electron chi connectivity index (χ0n) is 11.0. The van der Waals surface area contributed by atoms with Crippen molar-refractivity contribution in [3.8, 4) is 0 Å². The number of aliphatic hydroxyl groups is 1. The fourth-order valence-corrected chi connectivity index (χ4v) is 3.32. The third-order valence-corrected chi connectivity index (χ3v) is 3.91. The lowest BCUT2D eigenvalue weighted by molar-refractivity contribution is 0.139. The molecule has 4 heteroatoms. The Kier molecular flexibility index (Phi) is 6.12. The summed E-state index contributed by atoms with van der Waals surface area (Å²) in [5.41, 5.74) is 6.12. The highest BCUT2D eigenvalue weighted by molar-refractivity contribution is 7.12. The van der Waals surface area contributed by atoms with Gasteiger partial charge in [-0.25, -0.2) is 0 Å². The normalized spacial score (nSPS) is 15.2. The summed E-state index contributed by atoms with van der Waals surface area (Å²) >= 11 is 1.80. The molecule has 2 atom stereocenters. The second kappa shape index (κ2) is 7.11. The summed E-state index contributed by atoms with van der Waals surface area (Å²) in [5, 5.41) is 9.17. The molecule has 1 aromatic rings. The highest BCUT2D eigenvalue weighted by atomic mass is 32.1. The van der Waals surface area contributed by atoms with Crippen LogP contribution in [0.15, 0.2) is 12.1 Å². The number of hydrogen-bond acceptors (Lipinski definition) is 4. The van der Waals surface area contributed by atoms with Gasteiger partial charge >= 0.3 is 0 Å². The van der Waals surface area contributed by atoms with Crippen molar-refractivity contribution in [1.29, 1.82) is 0 Å². The van der Waals surface area contributed by atoms with E-state index in [2.05, 4.69) is 30.9 Å². The molecule has 1 aromatic heterocycles. The van der Waals surface area contributed by atoms with E-state index in [9.17, 15) is 0 Å². The van der Waals surface area contributed by atoms with Crippen molar-refractivity contribution in [2.45, 2.75) is 39.3 Å². The minimum atomic E-state index is 0.0751. The molecule has 2 unspecified atom stereocenters. The molecule has 0 saturated carbocycles. The monoisotopic (exact) mass is 256 g/mol. The Labute approximate surface area is 108 Å². The number of aliphatic hydroxyl groups excluding tert-OH is 1. The predicted octanol–water partition coefficient (Wildman–Crippen LogP) is 2.15. The molecule has 1 rings (SSSR count). The van der Waals surface area contributed by atoms with Gasteiger partial charge in [0.15, 0.2) is 0 Å². The molecule has 0 aliphatic heterocycles. The van der Waals surface area contributed by atoms with E-state index >= 15 is 0 Å². The van der Waals surface area contributed by atoms with Gasteiger partial charge in [0, 0.05) is 22.3 Å². The molecule has 1 heterocycles. The molecule has 0 aromatic carbocycles. The number of rotatable bonds is 7. The van der Waals surface area contributed by atoms with Crippen LogP contribution in [0.25, 0.3) is 0 Å². The first kappa shape index (κ1) is 14.6. The molecule has 17 heavy (non-hydrogen) atoms. The molecule has 0 radical (unpaired) electrons. The lowest BCUT2D eigenvalue weighted by Crippen LogP contribution is -2.41. The Morgan fingerprint density at radius 1 is 1.41 bits per heavy atom. The van der Waals surface area contributed by atoms with E-state index < -0.39 is 0 Å². The van der Waals surface area contributed by atoms with Crippen LogP contribution in [-0.2, 0) is 0 Å². The molecule has 0 fully saturated rings. The summed E-state index contributed by atoms with van der Waals surface area (Å²) in [6, 6.07) is 4.60. The molecular weight excluding hydrogens is 232 g/mol. The smallest absolute Gasteiger partial charge is 0.0591 e. The van der Waals surface area contributed by atoms with Crippen molar-refractivity contribution in [1.82, 2.24) is 4.90 Å². The van der Waals surface area contributed by atoms with Crippen LogP contribution in [0, 0.1) is 6.92 Å². The third kappa shape index (κ3) is 4.07. The molecule has 0 aliphatic rings. The van der Waals surface area contributed by atoms with Crippen molar-refractivity contribution >= 4 is 11.3 Å². The van der Waals surface area contributed by atoms with Crippen LogP contribution in [0.4, 0.5) is 0 Å². The molecule has 0 saturated heterocycles. The first-order valence-corrected chi connectivity index (χ1v) is 7.08. The largest absolute Gasteiger partial charge is 0.395 e. The fourth-order valence-electron chi connectivity index (χ4n) is 2.19.